The van der Waals surface area contributed by atoms with Gasteiger partial charge in [0.15, 0.2) is 0 Å². The van der Waals surface area contributed by atoms with Gasteiger partial charge in [-0.05, 0) is 52.9 Å². The molecule has 1 aromatic rings. The molecular weight excluding hydrogens is 336 g/mol. The number of rotatable bonds is 3. The molecule has 1 aromatic carbocycles. The SMILES string of the molecule is O=C(c1cc(S)ccc1Br)N1CCN(CC2CC2)CC1. The molecule has 0 aromatic heterocycles. The van der Waals surface area contributed by atoms with Crippen LogP contribution in [-0.4, -0.2) is 48.4 Å². The lowest BCUT2D eigenvalue weighted by molar-refractivity contribution is 0.0631. The van der Waals surface area contributed by atoms with Gasteiger partial charge in [-0.3, -0.25) is 9.69 Å². The Morgan fingerprint density at radius 3 is 2.60 bits per heavy atom. The Morgan fingerprint density at radius 1 is 1.25 bits per heavy atom. The average molecular weight is 355 g/mol. The van der Waals surface area contributed by atoms with Gasteiger partial charge in [-0.25, -0.2) is 0 Å². The lowest BCUT2D eigenvalue weighted by Gasteiger charge is -2.35. The first-order valence-corrected chi connectivity index (χ1v) is 8.37. The van der Waals surface area contributed by atoms with Gasteiger partial charge in [0.25, 0.3) is 5.91 Å². The number of halogens is 1. The highest BCUT2D eigenvalue weighted by atomic mass is 79.9. The molecular formula is C15H19BrN2OS. The summed E-state index contributed by atoms with van der Waals surface area (Å²) in [5, 5.41) is 0. The zero-order valence-electron chi connectivity index (χ0n) is 11.4. The van der Waals surface area contributed by atoms with Gasteiger partial charge >= 0.3 is 0 Å². The average Bonchev–Trinajstić information content (AvgIpc) is 3.26. The van der Waals surface area contributed by atoms with Crippen molar-refractivity contribution in [3.8, 4) is 0 Å². The number of carbonyl (C=O) groups excluding carboxylic acids is 1. The predicted molar refractivity (Wildman–Crippen MR) is 86.5 cm³/mol. The van der Waals surface area contributed by atoms with Crippen molar-refractivity contribution < 1.29 is 4.79 Å². The van der Waals surface area contributed by atoms with E-state index in [1.165, 1.54) is 19.4 Å². The second kappa shape index (κ2) is 6.08. The number of amides is 1. The number of carbonyl (C=O) groups is 1. The molecule has 20 heavy (non-hydrogen) atoms. The van der Waals surface area contributed by atoms with E-state index in [0.717, 1.165) is 41.5 Å². The molecule has 0 N–H and O–H groups in total. The largest absolute Gasteiger partial charge is 0.336 e. The summed E-state index contributed by atoms with van der Waals surface area (Å²) in [5.74, 6) is 1.03. The number of piperazine rings is 1. The fourth-order valence-electron chi connectivity index (χ4n) is 2.65. The van der Waals surface area contributed by atoms with Crippen LogP contribution in [0.25, 0.3) is 0 Å². The number of thiol groups is 1. The lowest BCUT2D eigenvalue weighted by atomic mass is 10.1. The van der Waals surface area contributed by atoms with Gasteiger partial charge in [0.05, 0.1) is 5.56 Å². The highest BCUT2D eigenvalue weighted by Crippen LogP contribution is 2.30. The summed E-state index contributed by atoms with van der Waals surface area (Å²) < 4.78 is 0.848. The molecule has 2 fully saturated rings. The summed E-state index contributed by atoms with van der Waals surface area (Å²) in [6, 6.07) is 5.61. The Bertz CT molecular complexity index is 511. The molecule has 1 aliphatic carbocycles. The van der Waals surface area contributed by atoms with Crippen LogP contribution in [0.15, 0.2) is 27.6 Å². The van der Waals surface area contributed by atoms with E-state index in [-0.39, 0.29) is 5.91 Å². The summed E-state index contributed by atoms with van der Waals surface area (Å²) in [4.78, 5) is 17.8. The zero-order chi connectivity index (χ0) is 14.1. The highest BCUT2D eigenvalue weighted by molar-refractivity contribution is 9.10. The van der Waals surface area contributed by atoms with Crippen molar-refractivity contribution in [1.29, 1.82) is 0 Å². The molecule has 1 amide bonds. The summed E-state index contributed by atoms with van der Waals surface area (Å²) in [6.07, 6.45) is 2.78. The topological polar surface area (TPSA) is 23.6 Å². The Labute approximate surface area is 133 Å². The van der Waals surface area contributed by atoms with Gasteiger partial charge in [-0.15, -0.1) is 12.6 Å². The monoisotopic (exact) mass is 354 g/mol. The van der Waals surface area contributed by atoms with E-state index in [2.05, 4.69) is 33.5 Å². The van der Waals surface area contributed by atoms with Crippen molar-refractivity contribution in [2.45, 2.75) is 17.7 Å². The van der Waals surface area contributed by atoms with E-state index in [4.69, 9.17) is 0 Å². The van der Waals surface area contributed by atoms with Gasteiger partial charge in [0.1, 0.15) is 0 Å². The van der Waals surface area contributed by atoms with Gasteiger partial charge in [-0.1, -0.05) is 0 Å². The highest BCUT2D eigenvalue weighted by Gasteiger charge is 2.28. The molecule has 5 heteroatoms. The van der Waals surface area contributed by atoms with Crippen LogP contribution in [-0.2, 0) is 0 Å². The fourth-order valence-corrected chi connectivity index (χ4v) is 3.27. The normalized spacial score (nSPS) is 20.2. The molecule has 108 valence electrons. The van der Waals surface area contributed by atoms with Crippen molar-refractivity contribution in [2.75, 3.05) is 32.7 Å². The molecule has 3 nitrogen and oxygen atoms in total. The number of hydrogen-bond donors (Lipinski definition) is 1. The van der Waals surface area contributed by atoms with Crippen LogP contribution in [0, 0.1) is 5.92 Å². The van der Waals surface area contributed by atoms with E-state index in [1.807, 2.05) is 23.1 Å². The molecule has 1 saturated carbocycles. The van der Waals surface area contributed by atoms with Crippen molar-refractivity contribution >= 4 is 34.5 Å². The maximum absolute atomic E-state index is 12.6. The Morgan fingerprint density at radius 2 is 1.95 bits per heavy atom. The minimum atomic E-state index is 0.110. The van der Waals surface area contributed by atoms with Crippen LogP contribution in [0.4, 0.5) is 0 Å². The van der Waals surface area contributed by atoms with Crippen LogP contribution in [0.3, 0.4) is 0 Å². The van der Waals surface area contributed by atoms with E-state index < -0.39 is 0 Å². The molecule has 0 radical (unpaired) electrons. The van der Waals surface area contributed by atoms with Crippen LogP contribution < -0.4 is 0 Å². The second-order valence-corrected chi connectivity index (χ2v) is 7.07. The van der Waals surface area contributed by atoms with Gasteiger partial charge in [0, 0.05) is 42.1 Å². The number of hydrogen-bond acceptors (Lipinski definition) is 3. The molecule has 0 bridgehead atoms. The Hall–Kier alpha value is -0.520. The van der Waals surface area contributed by atoms with Gasteiger partial charge in [-0.2, -0.15) is 0 Å². The van der Waals surface area contributed by atoms with Crippen LogP contribution in [0.2, 0.25) is 0 Å². The Balaban J connectivity index is 1.61. The van der Waals surface area contributed by atoms with Crippen LogP contribution in [0.5, 0.6) is 0 Å². The third-order valence-corrected chi connectivity index (χ3v) is 5.02. The summed E-state index contributed by atoms with van der Waals surface area (Å²) in [5.41, 5.74) is 0.716. The summed E-state index contributed by atoms with van der Waals surface area (Å²) in [6.45, 7) is 4.88. The molecule has 0 atom stereocenters. The molecule has 1 saturated heterocycles. The standard InChI is InChI=1S/C15H19BrN2OS/c16-14-4-3-12(20)9-13(14)15(19)18-7-5-17(6-8-18)10-11-1-2-11/h3-4,9,11,20H,1-2,5-8,10H2. The molecule has 3 rings (SSSR count). The number of nitrogens with zero attached hydrogens (tertiary/aromatic N) is 2. The second-order valence-electron chi connectivity index (χ2n) is 5.70. The third-order valence-electron chi connectivity index (χ3n) is 4.05. The number of benzene rings is 1. The maximum atomic E-state index is 12.6. The van der Waals surface area contributed by atoms with Crippen molar-refractivity contribution in [2.24, 2.45) is 5.92 Å². The van der Waals surface area contributed by atoms with E-state index in [0.29, 0.717) is 5.56 Å². The summed E-state index contributed by atoms with van der Waals surface area (Å²) >= 11 is 7.78. The fraction of sp³-hybridized carbons (Fsp3) is 0.533. The first kappa shape index (κ1) is 14.4. The molecule has 2 aliphatic rings. The molecule has 0 spiro atoms. The first-order valence-electron chi connectivity index (χ1n) is 7.13. The van der Waals surface area contributed by atoms with Crippen molar-refractivity contribution in [3.63, 3.8) is 0 Å². The molecule has 1 aliphatic heterocycles. The van der Waals surface area contributed by atoms with Crippen LogP contribution in [0.1, 0.15) is 23.2 Å². The first-order chi connectivity index (χ1) is 9.63. The predicted octanol–water partition coefficient (Wildman–Crippen LogP) is 2.91. The smallest absolute Gasteiger partial charge is 0.255 e. The molecule has 1 heterocycles. The minimum Gasteiger partial charge on any atom is -0.336 e. The minimum absolute atomic E-state index is 0.110. The Kier molecular flexibility index (Phi) is 4.38. The van der Waals surface area contributed by atoms with Crippen LogP contribution >= 0.6 is 28.6 Å². The van der Waals surface area contributed by atoms with Crippen molar-refractivity contribution in [1.82, 2.24) is 9.80 Å². The zero-order valence-corrected chi connectivity index (χ0v) is 13.9. The van der Waals surface area contributed by atoms with Crippen molar-refractivity contribution in [3.05, 3.63) is 28.2 Å². The lowest BCUT2D eigenvalue weighted by Crippen LogP contribution is -2.49. The molecule has 0 unspecified atom stereocenters. The van der Waals surface area contributed by atoms with E-state index in [9.17, 15) is 4.79 Å². The third kappa shape index (κ3) is 3.38. The van der Waals surface area contributed by atoms with Gasteiger partial charge in [0.2, 0.25) is 0 Å². The summed E-state index contributed by atoms with van der Waals surface area (Å²) in [7, 11) is 0. The van der Waals surface area contributed by atoms with Gasteiger partial charge < -0.3 is 4.90 Å². The quantitative estimate of drug-likeness (QED) is 0.843. The van der Waals surface area contributed by atoms with E-state index >= 15 is 0 Å². The maximum Gasteiger partial charge on any atom is 0.255 e. The van der Waals surface area contributed by atoms with E-state index in [1.54, 1.807) is 0 Å².